The maximum Gasteiger partial charge on any atom is 0.244 e. The van der Waals surface area contributed by atoms with Gasteiger partial charge in [-0.3, -0.25) is 0 Å². The van der Waals surface area contributed by atoms with E-state index in [1.54, 1.807) is 13.1 Å². The molecule has 0 spiro atoms. The number of benzene rings is 1. The standard InChI is InChI=1S/C13H20ClN3O2S/c1-16(8-9-17-6-2-3-7-17)20(18,19)13-5-4-11(14)10-12(13)15/h4-5,10H,2-3,6-9,15H2,1H3. The van der Waals surface area contributed by atoms with Crippen LogP contribution < -0.4 is 5.73 Å². The average Bonchev–Trinajstić information content (AvgIpc) is 2.88. The summed E-state index contributed by atoms with van der Waals surface area (Å²) in [5.41, 5.74) is 5.95. The van der Waals surface area contributed by atoms with Crippen LogP contribution in [0.5, 0.6) is 0 Å². The minimum absolute atomic E-state index is 0.117. The van der Waals surface area contributed by atoms with Crippen molar-refractivity contribution >= 4 is 27.3 Å². The Bertz CT molecular complexity index is 571. The molecule has 1 fully saturated rings. The smallest absolute Gasteiger partial charge is 0.244 e. The molecular formula is C13H20ClN3O2S. The number of rotatable bonds is 5. The summed E-state index contributed by atoms with van der Waals surface area (Å²) < 4.78 is 26.3. The quantitative estimate of drug-likeness (QED) is 0.838. The molecule has 1 aliphatic heterocycles. The van der Waals surface area contributed by atoms with Crippen LogP contribution in [-0.2, 0) is 10.0 Å². The van der Waals surface area contributed by atoms with Gasteiger partial charge in [-0.05, 0) is 44.1 Å². The predicted octanol–water partition coefficient (Wildman–Crippen LogP) is 1.64. The lowest BCUT2D eigenvalue weighted by Crippen LogP contribution is -2.35. The number of nitrogens with two attached hydrogens (primary N) is 1. The van der Waals surface area contributed by atoms with E-state index in [1.165, 1.54) is 29.3 Å². The van der Waals surface area contributed by atoms with Crippen molar-refractivity contribution < 1.29 is 8.42 Å². The van der Waals surface area contributed by atoms with E-state index in [4.69, 9.17) is 17.3 Å². The summed E-state index contributed by atoms with van der Waals surface area (Å²) in [5, 5.41) is 0.432. The molecule has 112 valence electrons. The number of likely N-dealkylation sites (N-methyl/N-ethyl adjacent to an activating group) is 1. The highest BCUT2D eigenvalue weighted by atomic mass is 35.5. The number of likely N-dealkylation sites (tertiary alicyclic amines) is 1. The minimum Gasteiger partial charge on any atom is -0.398 e. The van der Waals surface area contributed by atoms with Gasteiger partial charge in [-0.2, -0.15) is 4.31 Å². The van der Waals surface area contributed by atoms with Crippen LogP contribution in [0.2, 0.25) is 5.02 Å². The molecule has 2 N–H and O–H groups in total. The van der Waals surface area contributed by atoms with Crippen LogP contribution in [0.4, 0.5) is 5.69 Å². The normalized spacial score (nSPS) is 16.9. The third kappa shape index (κ3) is 3.44. The zero-order valence-electron chi connectivity index (χ0n) is 11.5. The Labute approximate surface area is 125 Å². The molecule has 0 unspecified atom stereocenters. The molecule has 5 nitrogen and oxygen atoms in total. The molecule has 0 aliphatic carbocycles. The number of nitrogens with zero attached hydrogens (tertiary/aromatic N) is 2. The van der Waals surface area contributed by atoms with E-state index in [2.05, 4.69) is 4.90 Å². The van der Waals surface area contributed by atoms with Crippen molar-refractivity contribution in [2.24, 2.45) is 0 Å². The van der Waals surface area contributed by atoms with Crippen LogP contribution in [0, 0.1) is 0 Å². The monoisotopic (exact) mass is 317 g/mol. The second-order valence-corrected chi connectivity index (χ2v) is 7.51. The van der Waals surface area contributed by atoms with E-state index in [9.17, 15) is 8.42 Å². The van der Waals surface area contributed by atoms with Crippen LogP contribution in [0.25, 0.3) is 0 Å². The average molecular weight is 318 g/mol. The summed E-state index contributed by atoms with van der Waals surface area (Å²) in [6.45, 7) is 3.32. The summed E-state index contributed by atoms with van der Waals surface area (Å²) in [4.78, 5) is 2.39. The summed E-state index contributed by atoms with van der Waals surface area (Å²) in [6.07, 6.45) is 2.39. The van der Waals surface area contributed by atoms with Crippen LogP contribution in [-0.4, -0.2) is 50.8 Å². The Balaban J connectivity index is 2.08. The van der Waals surface area contributed by atoms with Gasteiger partial charge in [0.25, 0.3) is 0 Å². The predicted molar refractivity (Wildman–Crippen MR) is 81.4 cm³/mol. The zero-order chi connectivity index (χ0) is 14.8. The van der Waals surface area contributed by atoms with Gasteiger partial charge < -0.3 is 10.6 Å². The fraction of sp³-hybridized carbons (Fsp3) is 0.538. The van der Waals surface area contributed by atoms with Crippen LogP contribution in [0.1, 0.15) is 12.8 Å². The lowest BCUT2D eigenvalue weighted by Gasteiger charge is -2.21. The first-order valence-electron chi connectivity index (χ1n) is 6.65. The lowest BCUT2D eigenvalue weighted by molar-refractivity contribution is 0.310. The first-order chi connectivity index (χ1) is 9.41. The molecule has 0 saturated carbocycles. The summed E-state index contributed by atoms with van der Waals surface area (Å²) in [5.74, 6) is 0. The molecule has 1 aliphatic rings. The highest BCUT2D eigenvalue weighted by molar-refractivity contribution is 7.89. The molecule has 0 atom stereocenters. The number of hydrogen-bond acceptors (Lipinski definition) is 4. The maximum atomic E-state index is 12.5. The molecular weight excluding hydrogens is 298 g/mol. The van der Waals surface area contributed by atoms with Crippen molar-refractivity contribution in [1.82, 2.24) is 9.21 Å². The highest BCUT2D eigenvalue weighted by Gasteiger charge is 2.24. The Hall–Kier alpha value is -0.820. The summed E-state index contributed by atoms with van der Waals surface area (Å²) >= 11 is 5.80. The van der Waals surface area contributed by atoms with Gasteiger partial charge in [0.15, 0.2) is 0 Å². The number of nitrogen functional groups attached to an aromatic ring is 1. The highest BCUT2D eigenvalue weighted by Crippen LogP contribution is 2.24. The number of hydrogen-bond donors (Lipinski definition) is 1. The molecule has 20 heavy (non-hydrogen) atoms. The number of halogens is 1. The SMILES string of the molecule is CN(CCN1CCCC1)S(=O)(=O)c1ccc(Cl)cc1N. The van der Waals surface area contributed by atoms with Crippen molar-refractivity contribution in [2.45, 2.75) is 17.7 Å². The zero-order valence-corrected chi connectivity index (χ0v) is 13.1. The molecule has 0 radical (unpaired) electrons. The summed E-state index contributed by atoms with van der Waals surface area (Å²) in [7, 11) is -1.97. The topological polar surface area (TPSA) is 66.6 Å². The molecule has 1 aromatic rings. The van der Waals surface area contributed by atoms with Crippen molar-refractivity contribution in [3.05, 3.63) is 23.2 Å². The Kier molecular flexibility index (Phi) is 4.90. The van der Waals surface area contributed by atoms with Crippen LogP contribution in [0.15, 0.2) is 23.1 Å². The van der Waals surface area contributed by atoms with Crippen molar-refractivity contribution in [3.8, 4) is 0 Å². The van der Waals surface area contributed by atoms with E-state index < -0.39 is 10.0 Å². The fourth-order valence-electron chi connectivity index (χ4n) is 2.33. The van der Waals surface area contributed by atoms with Gasteiger partial charge in [-0.15, -0.1) is 0 Å². The molecule has 1 saturated heterocycles. The van der Waals surface area contributed by atoms with Gasteiger partial charge >= 0.3 is 0 Å². The first-order valence-corrected chi connectivity index (χ1v) is 8.47. The number of anilines is 1. The summed E-state index contributed by atoms with van der Waals surface area (Å²) in [6, 6.07) is 4.46. The van der Waals surface area contributed by atoms with Gasteiger partial charge in [-0.1, -0.05) is 11.6 Å². The van der Waals surface area contributed by atoms with E-state index >= 15 is 0 Å². The van der Waals surface area contributed by atoms with E-state index in [-0.39, 0.29) is 10.6 Å². The van der Waals surface area contributed by atoms with Crippen LogP contribution in [0.3, 0.4) is 0 Å². The molecule has 1 heterocycles. The minimum atomic E-state index is -3.56. The fourth-order valence-corrected chi connectivity index (χ4v) is 3.77. The van der Waals surface area contributed by atoms with Gasteiger partial charge in [0, 0.05) is 25.2 Å². The maximum absolute atomic E-state index is 12.5. The van der Waals surface area contributed by atoms with Crippen molar-refractivity contribution in [2.75, 3.05) is 39.0 Å². The largest absolute Gasteiger partial charge is 0.398 e. The molecule has 7 heteroatoms. The van der Waals surface area contributed by atoms with Crippen molar-refractivity contribution in [3.63, 3.8) is 0 Å². The molecule has 2 rings (SSSR count). The first kappa shape index (κ1) is 15.6. The number of sulfonamides is 1. The van der Waals surface area contributed by atoms with Gasteiger partial charge in [-0.25, -0.2) is 8.42 Å². The van der Waals surface area contributed by atoms with Crippen LogP contribution >= 0.6 is 11.6 Å². The van der Waals surface area contributed by atoms with E-state index in [0.29, 0.717) is 11.6 Å². The molecule has 1 aromatic carbocycles. The third-order valence-electron chi connectivity index (χ3n) is 3.59. The second kappa shape index (κ2) is 6.30. The van der Waals surface area contributed by atoms with Crippen molar-refractivity contribution in [1.29, 1.82) is 0 Å². The Morgan fingerprint density at radius 2 is 2.00 bits per heavy atom. The van der Waals surface area contributed by atoms with Gasteiger partial charge in [0.1, 0.15) is 4.90 Å². The Morgan fingerprint density at radius 1 is 1.35 bits per heavy atom. The molecule has 0 bridgehead atoms. The molecule has 0 aromatic heterocycles. The third-order valence-corrected chi connectivity index (χ3v) is 5.76. The van der Waals surface area contributed by atoms with E-state index in [0.717, 1.165) is 19.6 Å². The lowest BCUT2D eigenvalue weighted by atomic mass is 10.3. The molecule has 0 amide bonds. The van der Waals surface area contributed by atoms with E-state index in [1.807, 2.05) is 0 Å². The van der Waals surface area contributed by atoms with Gasteiger partial charge in [0.2, 0.25) is 10.0 Å². The Morgan fingerprint density at radius 3 is 2.60 bits per heavy atom. The van der Waals surface area contributed by atoms with Gasteiger partial charge in [0.05, 0.1) is 5.69 Å². The second-order valence-electron chi connectivity index (χ2n) is 5.06.